The summed E-state index contributed by atoms with van der Waals surface area (Å²) in [5.41, 5.74) is 0.599. The van der Waals surface area contributed by atoms with Crippen LogP contribution in [0.4, 0.5) is 13.2 Å². The number of amides is 1. The normalized spacial score (nSPS) is 11.8. The molecule has 0 bridgehead atoms. The Morgan fingerprint density at radius 1 is 1.29 bits per heavy atom. The molecule has 1 amide bonds. The Bertz CT molecular complexity index is 796. The molecular formula is C16H16F3NO4. The summed E-state index contributed by atoms with van der Waals surface area (Å²) in [4.78, 5) is 22.9. The van der Waals surface area contributed by atoms with Crippen molar-refractivity contribution in [2.24, 2.45) is 0 Å². The van der Waals surface area contributed by atoms with Gasteiger partial charge in [0.1, 0.15) is 17.9 Å². The quantitative estimate of drug-likeness (QED) is 0.848. The number of ether oxygens (including phenoxy) is 1. The van der Waals surface area contributed by atoms with Crippen molar-refractivity contribution in [2.75, 3.05) is 13.2 Å². The molecule has 0 unspecified atom stereocenters. The number of hydrogen-bond acceptors (Lipinski definition) is 4. The number of benzene rings is 1. The lowest BCUT2D eigenvalue weighted by molar-refractivity contribution is -0.139. The molecule has 0 saturated carbocycles. The Balaban J connectivity index is 2.11. The van der Waals surface area contributed by atoms with E-state index in [1.165, 1.54) is 12.1 Å². The van der Waals surface area contributed by atoms with Gasteiger partial charge in [-0.25, -0.2) is 4.79 Å². The molecule has 1 heterocycles. The summed E-state index contributed by atoms with van der Waals surface area (Å²) in [6, 6.07) is 6.08. The van der Waals surface area contributed by atoms with Gasteiger partial charge in [-0.1, -0.05) is 13.8 Å². The van der Waals surface area contributed by atoms with Crippen LogP contribution in [0.5, 0.6) is 5.75 Å². The number of rotatable bonds is 5. The van der Waals surface area contributed by atoms with Gasteiger partial charge < -0.3 is 14.5 Å². The summed E-state index contributed by atoms with van der Waals surface area (Å²) in [5.74, 6) is -0.574. The first-order valence-electron chi connectivity index (χ1n) is 7.20. The summed E-state index contributed by atoms with van der Waals surface area (Å²) < 4.78 is 46.2. The molecule has 1 N–H and O–H groups in total. The Morgan fingerprint density at radius 2 is 2.00 bits per heavy atom. The fraction of sp³-hybridized carbons (Fsp3) is 0.375. The molecule has 0 aliphatic heterocycles. The Hall–Kier alpha value is -2.51. The minimum absolute atomic E-state index is 0.108. The Morgan fingerprint density at radius 3 is 2.62 bits per heavy atom. The fourth-order valence-electron chi connectivity index (χ4n) is 2.13. The van der Waals surface area contributed by atoms with E-state index in [1.54, 1.807) is 17.4 Å². The van der Waals surface area contributed by atoms with Crippen molar-refractivity contribution in [3.05, 3.63) is 40.2 Å². The second-order valence-electron chi connectivity index (χ2n) is 5.51. The van der Waals surface area contributed by atoms with E-state index >= 15 is 0 Å². The smallest absolute Gasteiger partial charge is 0.405 e. The zero-order chi connectivity index (χ0) is 17.9. The molecule has 5 nitrogen and oxygen atoms in total. The fourth-order valence-corrected chi connectivity index (χ4v) is 2.13. The maximum absolute atomic E-state index is 12.0. The highest BCUT2D eigenvalue weighted by Crippen LogP contribution is 2.26. The first-order chi connectivity index (χ1) is 11.2. The van der Waals surface area contributed by atoms with Crippen LogP contribution in [0.3, 0.4) is 0 Å². The number of hydrogen-bond donors (Lipinski definition) is 1. The van der Waals surface area contributed by atoms with Gasteiger partial charge in [0.15, 0.2) is 6.61 Å². The Kier molecular flexibility index (Phi) is 5.16. The van der Waals surface area contributed by atoms with E-state index in [0.717, 1.165) is 10.9 Å². The van der Waals surface area contributed by atoms with Gasteiger partial charge >= 0.3 is 11.8 Å². The molecule has 0 saturated heterocycles. The molecule has 0 fully saturated rings. The minimum Gasteiger partial charge on any atom is -0.484 e. The van der Waals surface area contributed by atoms with Crippen molar-refractivity contribution >= 4 is 16.9 Å². The highest BCUT2D eigenvalue weighted by molar-refractivity contribution is 5.82. The van der Waals surface area contributed by atoms with E-state index in [9.17, 15) is 22.8 Å². The molecule has 1 aromatic heterocycles. The minimum atomic E-state index is -4.48. The molecule has 8 heteroatoms. The molecule has 0 aliphatic rings. The molecule has 1 aromatic carbocycles. The number of fused-ring (bicyclic) bond motifs is 1. The summed E-state index contributed by atoms with van der Waals surface area (Å²) in [5, 5.41) is 2.44. The molecule has 130 valence electrons. The van der Waals surface area contributed by atoms with Crippen LogP contribution >= 0.6 is 0 Å². The van der Waals surface area contributed by atoms with Crippen molar-refractivity contribution in [3.63, 3.8) is 0 Å². The summed E-state index contributed by atoms with van der Waals surface area (Å²) in [7, 11) is 0. The predicted molar refractivity (Wildman–Crippen MR) is 81.1 cm³/mol. The molecular weight excluding hydrogens is 327 g/mol. The van der Waals surface area contributed by atoms with Crippen molar-refractivity contribution in [1.82, 2.24) is 5.32 Å². The Labute approximate surface area is 135 Å². The summed E-state index contributed by atoms with van der Waals surface area (Å²) >= 11 is 0. The SMILES string of the molecule is CC(C)c1cc(=O)oc2cc(OCC(=O)NCC(F)(F)F)ccc12. The molecule has 24 heavy (non-hydrogen) atoms. The molecule has 2 aromatic rings. The van der Waals surface area contributed by atoms with E-state index in [2.05, 4.69) is 0 Å². The van der Waals surface area contributed by atoms with Crippen LogP contribution in [0.15, 0.2) is 33.5 Å². The average molecular weight is 343 g/mol. The predicted octanol–water partition coefficient (Wildman–Crippen LogP) is 2.97. The van der Waals surface area contributed by atoms with Gasteiger partial charge in [-0.15, -0.1) is 0 Å². The monoisotopic (exact) mass is 343 g/mol. The van der Waals surface area contributed by atoms with Gasteiger partial charge in [0, 0.05) is 17.5 Å². The van der Waals surface area contributed by atoms with Crippen molar-refractivity contribution in [1.29, 1.82) is 0 Å². The third kappa shape index (κ3) is 4.74. The van der Waals surface area contributed by atoms with E-state index in [1.807, 2.05) is 13.8 Å². The number of alkyl halides is 3. The molecule has 0 atom stereocenters. The topological polar surface area (TPSA) is 68.5 Å². The maximum Gasteiger partial charge on any atom is 0.405 e. The van der Waals surface area contributed by atoms with Crippen LogP contribution < -0.4 is 15.7 Å². The van der Waals surface area contributed by atoms with Gasteiger partial charge in [0.25, 0.3) is 5.91 Å². The third-order valence-corrected chi connectivity index (χ3v) is 3.23. The molecule has 0 spiro atoms. The molecule has 0 aliphatic carbocycles. The second kappa shape index (κ2) is 6.94. The van der Waals surface area contributed by atoms with Crippen LogP contribution in [0, 0.1) is 0 Å². The second-order valence-corrected chi connectivity index (χ2v) is 5.51. The lowest BCUT2D eigenvalue weighted by atomic mass is 10.00. The van der Waals surface area contributed by atoms with Gasteiger partial charge in [-0.2, -0.15) is 13.2 Å². The van der Waals surface area contributed by atoms with Crippen molar-refractivity contribution < 1.29 is 27.1 Å². The molecule has 0 radical (unpaired) electrons. The first-order valence-corrected chi connectivity index (χ1v) is 7.20. The molecule has 2 rings (SSSR count). The van der Waals surface area contributed by atoms with Crippen LogP contribution in [0.1, 0.15) is 25.3 Å². The number of halogens is 3. The van der Waals surface area contributed by atoms with Gasteiger partial charge in [0.2, 0.25) is 0 Å². The lowest BCUT2D eigenvalue weighted by Crippen LogP contribution is -2.36. The lowest BCUT2D eigenvalue weighted by Gasteiger charge is -2.11. The van der Waals surface area contributed by atoms with Crippen molar-refractivity contribution in [2.45, 2.75) is 25.9 Å². The van der Waals surface area contributed by atoms with Gasteiger partial charge in [-0.05, 0) is 23.6 Å². The van der Waals surface area contributed by atoms with Crippen LogP contribution in [0.25, 0.3) is 11.0 Å². The van der Waals surface area contributed by atoms with Gasteiger partial charge in [-0.3, -0.25) is 4.79 Å². The van der Waals surface area contributed by atoms with E-state index in [-0.39, 0.29) is 11.7 Å². The zero-order valence-electron chi connectivity index (χ0n) is 13.1. The van der Waals surface area contributed by atoms with Crippen LogP contribution in [-0.4, -0.2) is 25.2 Å². The van der Waals surface area contributed by atoms with Crippen molar-refractivity contribution in [3.8, 4) is 5.75 Å². The third-order valence-electron chi connectivity index (χ3n) is 3.23. The van der Waals surface area contributed by atoms with Crippen LogP contribution in [0.2, 0.25) is 0 Å². The van der Waals surface area contributed by atoms with Gasteiger partial charge in [0.05, 0.1) is 0 Å². The van der Waals surface area contributed by atoms with Crippen LogP contribution in [-0.2, 0) is 4.79 Å². The first kappa shape index (κ1) is 17.8. The van der Waals surface area contributed by atoms with E-state index in [0.29, 0.717) is 5.58 Å². The average Bonchev–Trinajstić information content (AvgIpc) is 2.48. The standard InChI is InChI=1S/C16H16F3NO4/c1-9(2)12-6-15(22)24-13-5-10(3-4-11(12)13)23-7-14(21)20-8-16(17,18)19/h3-6,9H,7-8H2,1-2H3,(H,20,21). The highest BCUT2D eigenvalue weighted by atomic mass is 19.4. The zero-order valence-corrected chi connectivity index (χ0v) is 13.1. The maximum atomic E-state index is 12.0. The van der Waals surface area contributed by atoms with E-state index < -0.39 is 30.9 Å². The number of carbonyl (C=O) groups excluding carboxylic acids is 1. The highest BCUT2D eigenvalue weighted by Gasteiger charge is 2.27. The van der Waals surface area contributed by atoms with E-state index in [4.69, 9.17) is 9.15 Å². The number of carbonyl (C=O) groups is 1. The number of nitrogens with one attached hydrogen (secondary N) is 1. The largest absolute Gasteiger partial charge is 0.484 e. The summed E-state index contributed by atoms with van der Waals surface area (Å²) in [6.07, 6.45) is -4.48. The summed E-state index contributed by atoms with van der Waals surface area (Å²) in [6.45, 7) is 1.88.